The molecule has 0 bridgehead atoms. The molecule has 3 aromatic carbocycles. The Hall–Kier alpha value is -3.04. The highest BCUT2D eigenvalue weighted by Gasteiger charge is 2.31. The van der Waals surface area contributed by atoms with Crippen molar-refractivity contribution < 1.29 is 14.7 Å². The molecular formula is C21H14O3. The van der Waals surface area contributed by atoms with E-state index >= 15 is 0 Å². The van der Waals surface area contributed by atoms with E-state index in [4.69, 9.17) is 0 Å². The maximum Gasteiger partial charge on any atom is 0.195 e. The number of benzene rings is 3. The van der Waals surface area contributed by atoms with E-state index in [2.05, 4.69) is 0 Å². The molecular weight excluding hydrogens is 300 g/mol. The van der Waals surface area contributed by atoms with Crippen molar-refractivity contribution in [2.24, 2.45) is 0 Å². The Bertz CT molecular complexity index is 986. The Morgan fingerprint density at radius 1 is 0.583 bits per heavy atom. The maximum atomic E-state index is 13.0. The summed E-state index contributed by atoms with van der Waals surface area (Å²) in [5, 5.41) is 9.61. The van der Waals surface area contributed by atoms with Gasteiger partial charge in [-0.3, -0.25) is 9.59 Å². The second-order valence-electron chi connectivity index (χ2n) is 5.75. The molecule has 3 aromatic rings. The normalized spacial score (nSPS) is 12.7. The molecule has 1 aliphatic rings. The second-order valence-corrected chi connectivity index (χ2v) is 5.75. The Morgan fingerprint density at radius 2 is 1.12 bits per heavy atom. The average molecular weight is 314 g/mol. The number of fused-ring (bicyclic) bond motifs is 2. The minimum Gasteiger partial charge on any atom is -0.392 e. The van der Waals surface area contributed by atoms with E-state index in [-0.39, 0.29) is 18.2 Å². The van der Waals surface area contributed by atoms with Crippen LogP contribution in [0.1, 0.15) is 37.4 Å². The van der Waals surface area contributed by atoms with Gasteiger partial charge in [-0.1, -0.05) is 66.7 Å². The molecule has 3 heteroatoms. The average Bonchev–Trinajstić information content (AvgIpc) is 2.65. The van der Waals surface area contributed by atoms with Gasteiger partial charge in [0.05, 0.1) is 6.61 Å². The summed E-state index contributed by atoms with van der Waals surface area (Å²) in [7, 11) is 0. The van der Waals surface area contributed by atoms with Crippen LogP contribution < -0.4 is 0 Å². The quantitative estimate of drug-likeness (QED) is 0.615. The lowest BCUT2D eigenvalue weighted by Gasteiger charge is -2.21. The van der Waals surface area contributed by atoms with Gasteiger partial charge in [-0.2, -0.15) is 0 Å². The minimum absolute atomic E-state index is 0.126. The van der Waals surface area contributed by atoms with Crippen molar-refractivity contribution in [3.05, 3.63) is 94.5 Å². The molecule has 0 aromatic heterocycles. The summed E-state index contributed by atoms with van der Waals surface area (Å²) >= 11 is 0. The van der Waals surface area contributed by atoms with Crippen molar-refractivity contribution in [1.82, 2.24) is 0 Å². The number of carbonyl (C=O) groups excluding carboxylic acids is 2. The fraction of sp³-hybridized carbons (Fsp3) is 0.0476. The first-order valence-electron chi connectivity index (χ1n) is 7.73. The van der Waals surface area contributed by atoms with Crippen LogP contribution in [-0.2, 0) is 6.61 Å². The van der Waals surface area contributed by atoms with Crippen LogP contribution >= 0.6 is 0 Å². The van der Waals surface area contributed by atoms with Crippen molar-refractivity contribution in [3.8, 4) is 11.1 Å². The summed E-state index contributed by atoms with van der Waals surface area (Å²) in [5.74, 6) is -0.285. The van der Waals surface area contributed by atoms with E-state index in [1.165, 1.54) is 0 Å². The molecule has 0 atom stereocenters. The topological polar surface area (TPSA) is 54.4 Å². The summed E-state index contributed by atoms with van der Waals surface area (Å²) in [6.07, 6.45) is 0. The van der Waals surface area contributed by atoms with Gasteiger partial charge in [0.1, 0.15) is 0 Å². The van der Waals surface area contributed by atoms with E-state index in [0.717, 1.165) is 11.1 Å². The zero-order valence-electron chi connectivity index (χ0n) is 12.8. The molecule has 0 spiro atoms. The summed E-state index contributed by atoms with van der Waals surface area (Å²) < 4.78 is 0. The molecule has 0 amide bonds. The molecule has 0 heterocycles. The van der Waals surface area contributed by atoms with Crippen LogP contribution in [0, 0.1) is 0 Å². The molecule has 0 fully saturated rings. The second kappa shape index (κ2) is 5.55. The number of aliphatic hydroxyl groups is 1. The maximum absolute atomic E-state index is 13.0. The molecule has 4 rings (SSSR count). The van der Waals surface area contributed by atoms with Crippen LogP contribution in [0.25, 0.3) is 11.1 Å². The van der Waals surface area contributed by atoms with Crippen molar-refractivity contribution >= 4 is 11.6 Å². The van der Waals surface area contributed by atoms with Crippen molar-refractivity contribution in [3.63, 3.8) is 0 Å². The first-order valence-corrected chi connectivity index (χ1v) is 7.73. The van der Waals surface area contributed by atoms with Crippen molar-refractivity contribution in [1.29, 1.82) is 0 Å². The lowest BCUT2D eigenvalue weighted by molar-refractivity contribution is 0.0979. The van der Waals surface area contributed by atoms with Crippen LogP contribution in [-0.4, -0.2) is 16.7 Å². The molecule has 0 saturated carbocycles. The lowest BCUT2D eigenvalue weighted by atomic mass is 9.80. The van der Waals surface area contributed by atoms with Gasteiger partial charge >= 0.3 is 0 Å². The Kier molecular flexibility index (Phi) is 3.36. The largest absolute Gasteiger partial charge is 0.392 e. The monoisotopic (exact) mass is 314 g/mol. The molecule has 116 valence electrons. The van der Waals surface area contributed by atoms with Crippen LogP contribution in [0.5, 0.6) is 0 Å². The molecule has 3 nitrogen and oxygen atoms in total. The Morgan fingerprint density at radius 3 is 1.83 bits per heavy atom. The third kappa shape index (κ3) is 2.02. The first kappa shape index (κ1) is 14.5. The number of ketones is 2. The summed E-state index contributed by atoms with van der Waals surface area (Å²) in [6, 6.07) is 19.6. The van der Waals surface area contributed by atoms with Crippen LogP contribution in [0.15, 0.2) is 66.7 Å². The predicted molar refractivity (Wildman–Crippen MR) is 91.1 cm³/mol. The Balaban J connectivity index is 2.02. The van der Waals surface area contributed by atoms with Gasteiger partial charge in [-0.25, -0.2) is 0 Å². The van der Waals surface area contributed by atoms with E-state index < -0.39 is 0 Å². The molecule has 0 unspecified atom stereocenters. The van der Waals surface area contributed by atoms with Gasteiger partial charge in [-0.15, -0.1) is 0 Å². The van der Waals surface area contributed by atoms with E-state index in [1.54, 1.807) is 36.4 Å². The van der Waals surface area contributed by atoms with E-state index in [9.17, 15) is 14.7 Å². The van der Waals surface area contributed by atoms with Gasteiger partial charge in [-0.05, 0) is 16.7 Å². The zero-order chi connectivity index (χ0) is 16.7. The number of hydrogen-bond donors (Lipinski definition) is 1. The fourth-order valence-corrected chi connectivity index (χ4v) is 3.29. The van der Waals surface area contributed by atoms with E-state index in [1.807, 2.05) is 30.3 Å². The minimum atomic E-state index is -0.149. The van der Waals surface area contributed by atoms with Crippen molar-refractivity contribution in [2.75, 3.05) is 0 Å². The van der Waals surface area contributed by atoms with Crippen LogP contribution in [0.2, 0.25) is 0 Å². The Labute approximate surface area is 139 Å². The number of hydrogen-bond acceptors (Lipinski definition) is 3. The number of carbonyl (C=O) groups is 2. The van der Waals surface area contributed by atoms with Gasteiger partial charge < -0.3 is 5.11 Å². The summed E-state index contributed by atoms with van der Waals surface area (Å²) in [6.45, 7) is -0.126. The highest BCUT2D eigenvalue weighted by molar-refractivity contribution is 6.30. The third-order valence-corrected chi connectivity index (χ3v) is 4.43. The SMILES string of the molecule is O=C1c2ccccc2C(=O)c2c1cccc2-c1ccccc1CO. The van der Waals surface area contributed by atoms with Crippen LogP contribution in [0.3, 0.4) is 0 Å². The van der Waals surface area contributed by atoms with Gasteiger partial charge in [0.2, 0.25) is 0 Å². The van der Waals surface area contributed by atoms with Crippen LogP contribution in [0.4, 0.5) is 0 Å². The molecule has 0 aliphatic heterocycles. The molecule has 1 N–H and O–H groups in total. The molecule has 24 heavy (non-hydrogen) atoms. The third-order valence-electron chi connectivity index (χ3n) is 4.43. The van der Waals surface area contributed by atoms with E-state index in [0.29, 0.717) is 27.8 Å². The number of aliphatic hydroxyl groups excluding tert-OH is 1. The molecule has 0 radical (unpaired) electrons. The van der Waals surface area contributed by atoms with Gasteiger partial charge in [0.25, 0.3) is 0 Å². The summed E-state index contributed by atoms with van der Waals surface area (Å²) in [4.78, 5) is 25.8. The van der Waals surface area contributed by atoms with Gasteiger partial charge in [0.15, 0.2) is 11.6 Å². The fourth-order valence-electron chi connectivity index (χ4n) is 3.29. The first-order chi connectivity index (χ1) is 11.7. The highest BCUT2D eigenvalue weighted by atomic mass is 16.3. The molecule has 0 saturated heterocycles. The standard InChI is InChI=1S/C21H14O3/c22-12-13-6-1-2-7-14(13)15-10-5-11-18-19(15)21(24)17-9-4-3-8-16(17)20(18)23/h1-11,22H,12H2. The summed E-state index contributed by atoms with van der Waals surface area (Å²) in [5.41, 5.74) is 3.91. The predicted octanol–water partition coefficient (Wildman–Crippen LogP) is 3.62. The smallest absolute Gasteiger partial charge is 0.195 e. The highest BCUT2D eigenvalue weighted by Crippen LogP contribution is 2.35. The van der Waals surface area contributed by atoms with Crippen molar-refractivity contribution in [2.45, 2.75) is 6.61 Å². The lowest BCUT2D eigenvalue weighted by Crippen LogP contribution is -2.21. The zero-order valence-corrected chi connectivity index (χ0v) is 12.8. The molecule has 1 aliphatic carbocycles. The van der Waals surface area contributed by atoms with Gasteiger partial charge in [0, 0.05) is 22.3 Å². The number of rotatable bonds is 2.